The molecule has 0 atom stereocenters. The Labute approximate surface area is 160 Å². The molecule has 142 valence electrons. The summed E-state index contributed by atoms with van der Waals surface area (Å²) in [5.74, 6) is -0.116. The lowest BCUT2D eigenvalue weighted by molar-refractivity contribution is -0.116. The molecule has 1 aliphatic rings. The zero-order chi connectivity index (χ0) is 19.1. The highest BCUT2D eigenvalue weighted by molar-refractivity contribution is 6.03. The lowest BCUT2D eigenvalue weighted by Gasteiger charge is -2.22. The Morgan fingerprint density at radius 3 is 2.33 bits per heavy atom. The molecule has 1 heterocycles. The Hall–Kier alpha value is -2.82. The first-order chi connectivity index (χ1) is 13.1. The number of carbonyl (C=O) groups excluding carboxylic acids is 2. The summed E-state index contributed by atoms with van der Waals surface area (Å²) in [5, 5.41) is 2.91. The number of anilines is 2. The molecule has 0 unspecified atom stereocenters. The molecule has 2 aromatic rings. The van der Waals surface area contributed by atoms with Gasteiger partial charge < -0.3 is 16.0 Å². The minimum Gasteiger partial charge on any atom is -0.399 e. The van der Waals surface area contributed by atoms with Crippen LogP contribution in [0.25, 0.3) is 0 Å². The number of hydrogen-bond donors (Lipinski definition) is 2. The van der Waals surface area contributed by atoms with Crippen molar-refractivity contribution in [1.82, 2.24) is 4.90 Å². The van der Waals surface area contributed by atoms with E-state index in [0.717, 1.165) is 31.5 Å². The normalized spacial score (nSPS) is 14.4. The van der Waals surface area contributed by atoms with Crippen LogP contribution < -0.4 is 11.1 Å². The summed E-state index contributed by atoms with van der Waals surface area (Å²) in [4.78, 5) is 27.3. The van der Waals surface area contributed by atoms with Gasteiger partial charge in [0.1, 0.15) is 0 Å². The van der Waals surface area contributed by atoms with Crippen molar-refractivity contribution in [1.29, 1.82) is 0 Å². The Morgan fingerprint density at radius 2 is 1.59 bits per heavy atom. The van der Waals surface area contributed by atoms with Gasteiger partial charge in [0, 0.05) is 25.2 Å². The summed E-state index contributed by atoms with van der Waals surface area (Å²) >= 11 is 0. The van der Waals surface area contributed by atoms with Crippen LogP contribution in [0.2, 0.25) is 0 Å². The van der Waals surface area contributed by atoms with Crippen LogP contribution in [0.15, 0.2) is 48.5 Å². The van der Waals surface area contributed by atoms with Crippen LogP contribution >= 0.6 is 0 Å². The Bertz CT molecular complexity index is 796. The molecule has 3 rings (SSSR count). The second kappa shape index (κ2) is 9.21. The topological polar surface area (TPSA) is 75.4 Å². The van der Waals surface area contributed by atoms with Gasteiger partial charge in [0.25, 0.3) is 5.91 Å². The maximum absolute atomic E-state index is 12.9. The minimum atomic E-state index is -0.116. The van der Waals surface area contributed by atoms with E-state index in [2.05, 4.69) is 5.32 Å². The third-order valence-electron chi connectivity index (χ3n) is 5.00. The summed E-state index contributed by atoms with van der Waals surface area (Å²) in [6.07, 6.45) is 5.31. The average molecular weight is 365 g/mol. The molecule has 0 aliphatic carbocycles. The molecule has 0 spiro atoms. The predicted molar refractivity (Wildman–Crippen MR) is 109 cm³/mol. The molecule has 5 nitrogen and oxygen atoms in total. The third kappa shape index (κ3) is 5.09. The summed E-state index contributed by atoms with van der Waals surface area (Å²) < 4.78 is 0. The fourth-order valence-electron chi connectivity index (χ4n) is 3.45. The van der Waals surface area contributed by atoms with Crippen molar-refractivity contribution < 1.29 is 9.59 Å². The van der Waals surface area contributed by atoms with Gasteiger partial charge >= 0.3 is 0 Å². The fourth-order valence-corrected chi connectivity index (χ4v) is 3.45. The third-order valence-corrected chi connectivity index (χ3v) is 5.00. The van der Waals surface area contributed by atoms with Crippen molar-refractivity contribution >= 4 is 23.2 Å². The van der Waals surface area contributed by atoms with Crippen molar-refractivity contribution in [3.05, 3.63) is 59.7 Å². The molecule has 0 radical (unpaired) electrons. The standard InChI is InChI=1S/C22H27N3O2/c23-19-11-5-3-9-17(19)13-14-21(26)24-20-12-6-4-10-18(20)22(27)25-15-7-1-2-8-16-25/h3-6,9-12H,1-2,7-8,13-16,23H2,(H,24,26). The second-order valence-corrected chi connectivity index (χ2v) is 7.00. The van der Waals surface area contributed by atoms with Crippen molar-refractivity contribution in [2.45, 2.75) is 38.5 Å². The number of hydrogen-bond acceptors (Lipinski definition) is 3. The van der Waals surface area contributed by atoms with E-state index in [-0.39, 0.29) is 11.8 Å². The van der Waals surface area contributed by atoms with Crippen molar-refractivity contribution in [2.75, 3.05) is 24.1 Å². The molecule has 0 bridgehead atoms. The molecule has 0 aromatic heterocycles. The number of nitrogen functional groups attached to an aromatic ring is 1. The van der Waals surface area contributed by atoms with Gasteiger partial charge in [-0.15, -0.1) is 0 Å². The molecular weight excluding hydrogens is 338 g/mol. The number of nitrogens with zero attached hydrogens (tertiary/aromatic N) is 1. The average Bonchev–Trinajstić information content (AvgIpc) is 2.97. The molecular formula is C22H27N3O2. The van der Waals surface area contributed by atoms with E-state index < -0.39 is 0 Å². The summed E-state index contributed by atoms with van der Waals surface area (Å²) in [6.45, 7) is 1.57. The number of carbonyl (C=O) groups is 2. The van der Waals surface area contributed by atoms with Gasteiger partial charge in [-0.2, -0.15) is 0 Å². The molecule has 2 aromatic carbocycles. The van der Waals surface area contributed by atoms with Gasteiger partial charge in [-0.1, -0.05) is 43.2 Å². The summed E-state index contributed by atoms with van der Waals surface area (Å²) in [7, 11) is 0. The Balaban J connectivity index is 1.65. The van der Waals surface area contributed by atoms with Gasteiger partial charge in [0.05, 0.1) is 11.3 Å². The van der Waals surface area contributed by atoms with Crippen LogP contribution in [0.5, 0.6) is 0 Å². The van der Waals surface area contributed by atoms with Crippen LogP contribution in [-0.4, -0.2) is 29.8 Å². The Kier molecular flexibility index (Phi) is 6.47. The van der Waals surface area contributed by atoms with Gasteiger partial charge in [0.15, 0.2) is 0 Å². The molecule has 1 fully saturated rings. The first kappa shape index (κ1) is 19.0. The minimum absolute atomic E-state index is 0.0000961. The smallest absolute Gasteiger partial charge is 0.255 e. The highest BCUT2D eigenvalue weighted by atomic mass is 16.2. The maximum Gasteiger partial charge on any atom is 0.255 e. The maximum atomic E-state index is 12.9. The van der Waals surface area contributed by atoms with Crippen molar-refractivity contribution in [3.8, 4) is 0 Å². The molecule has 1 saturated heterocycles. The van der Waals surface area contributed by atoms with Crippen LogP contribution in [0.3, 0.4) is 0 Å². The van der Waals surface area contributed by atoms with Gasteiger partial charge in [-0.05, 0) is 43.0 Å². The van der Waals surface area contributed by atoms with Gasteiger partial charge in [-0.25, -0.2) is 0 Å². The molecule has 1 aliphatic heterocycles. The number of benzene rings is 2. The van der Waals surface area contributed by atoms with Crippen molar-refractivity contribution in [2.24, 2.45) is 0 Å². The second-order valence-electron chi connectivity index (χ2n) is 7.00. The predicted octanol–water partition coefficient (Wildman–Crippen LogP) is 3.86. The quantitative estimate of drug-likeness (QED) is 0.790. The SMILES string of the molecule is Nc1ccccc1CCC(=O)Nc1ccccc1C(=O)N1CCCCCC1. The highest BCUT2D eigenvalue weighted by Crippen LogP contribution is 2.21. The number of likely N-dealkylation sites (tertiary alicyclic amines) is 1. The van der Waals surface area contributed by atoms with Crippen LogP contribution in [0.4, 0.5) is 11.4 Å². The summed E-state index contributed by atoms with van der Waals surface area (Å²) in [5.41, 5.74) is 8.74. The van der Waals surface area contributed by atoms with E-state index in [9.17, 15) is 9.59 Å². The zero-order valence-corrected chi connectivity index (χ0v) is 15.6. The van der Waals surface area contributed by atoms with E-state index in [0.29, 0.717) is 29.8 Å². The zero-order valence-electron chi connectivity index (χ0n) is 15.6. The molecule has 5 heteroatoms. The lowest BCUT2D eigenvalue weighted by atomic mass is 10.1. The number of nitrogens with two attached hydrogens (primary N) is 1. The first-order valence-corrected chi connectivity index (χ1v) is 9.66. The van der Waals surface area contributed by atoms with Crippen molar-refractivity contribution in [3.63, 3.8) is 0 Å². The molecule has 2 amide bonds. The molecule has 0 saturated carbocycles. The van der Waals surface area contributed by atoms with E-state index >= 15 is 0 Å². The lowest BCUT2D eigenvalue weighted by Crippen LogP contribution is -2.32. The van der Waals surface area contributed by atoms with Gasteiger partial charge in [0.2, 0.25) is 5.91 Å². The van der Waals surface area contributed by atoms with E-state index in [1.165, 1.54) is 12.8 Å². The number of rotatable bonds is 5. The summed E-state index contributed by atoms with van der Waals surface area (Å²) in [6, 6.07) is 14.8. The fraction of sp³-hybridized carbons (Fsp3) is 0.364. The van der Waals surface area contributed by atoms with Crippen LogP contribution in [-0.2, 0) is 11.2 Å². The van der Waals surface area contributed by atoms with E-state index in [1.807, 2.05) is 41.3 Å². The largest absolute Gasteiger partial charge is 0.399 e. The van der Waals surface area contributed by atoms with Crippen LogP contribution in [0, 0.1) is 0 Å². The van der Waals surface area contributed by atoms with Gasteiger partial charge in [-0.3, -0.25) is 9.59 Å². The van der Waals surface area contributed by atoms with Crippen LogP contribution in [0.1, 0.15) is 48.0 Å². The van der Waals surface area contributed by atoms with E-state index in [1.54, 1.807) is 12.1 Å². The monoisotopic (exact) mass is 365 g/mol. The number of nitrogens with one attached hydrogen (secondary N) is 1. The molecule has 3 N–H and O–H groups in total. The number of aryl methyl sites for hydroxylation is 1. The Morgan fingerprint density at radius 1 is 0.926 bits per heavy atom. The number of amides is 2. The molecule has 27 heavy (non-hydrogen) atoms. The van der Waals surface area contributed by atoms with E-state index in [4.69, 9.17) is 5.73 Å². The number of para-hydroxylation sites is 2. The highest BCUT2D eigenvalue weighted by Gasteiger charge is 2.20. The first-order valence-electron chi connectivity index (χ1n) is 9.66.